The molecule has 1 aliphatic rings. The van der Waals surface area contributed by atoms with Crippen molar-refractivity contribution in [2.24, 2.45) is 5.92 Å². The van der Waals surface area contributed by atoms with E-state index in [1.54, 1.807) is 19.9 Å². The largest absolute Gasteiger partial charge is 0.479 e. The zero-order chi connectivity index (χ0) is 15.5. The lowest BCUT2D eigenvalue weighted by Crippen LogP contribution is -2.33. The summed E-state index contributed by atoms with van der Waals surface area (Å²) >= 11 is 0. The Kier molecular flexibility index (Phi) is 5.54. The first-order valence-electron chi connectivity index (χ1n) is 7.24. The molecule has 0 saturated heterocycles. The van der Waals surface area contributed by atoms with Crippen LogP contribution in [-0.2, 0) is 9.53 Å². The third-order valence-corrected chi connectivity index (χ3v) is 4.03. The third-order valence-electron chi connectivity index (χ3n) is 4.03. The van der Waals surface area contributed by atoms with Gasteiger partial charge in [0.1, 0.15) is 5.76 Å². The standard InChI is InChI=1S/C16H26O4/c1-6-10(3)14(18)11(4)8-16(5)15(19)12(9-17)13(7-2)20-16/h8,10,14,17-18H,6-7,9H2,1-5H3/b11-8+/t10-,14+,16?/m0/s1. The summed E-state index contributed by atoms with van der Waals surface area (Å²) in [5.41, 5.74) is -0.0380. The molecule has 0 aromatic carbocycles. The second-order valence-corrected chi connectivity index (χ2v) is 5.67. The Balaban J connectivity index is 3.01. The average Bonchev–Trinajstić information content (AvgIpc) is 2.68. The number of carbonyl (C=O) groups excluding carboxylic acids is 1. The fraction of sp³-hybridized carbons (Fsp3) is 0.688. The molecule has 0 aliphatic carbocycles. The van der Waals surface area contributed by atoms with Gasteiger partial charge < -0.3 is 14.9 Å². The first-order valence-corrected chi connectivity index (χ1v) is 7.24. The molecule has 1 aliphatic heterocycles. The Morgan fingerprint density at radius 1 is 1.45 bits per heavy atom. The number of carbonyl (C=O) groups is 1. The van der Waals surface area contributed by atoms with Gasteiger partial charge in [0.2, 0.25) is 5.78 Å². The van der Waals surface area contributed by atoms with E-state index in [4.69, 9.17) is 4.74 Å². The number of aliphatic hydroxyl groups excluding tert-OH is 2. The number of ketones is 1. The summed E-state index contributed by atoms with van der Waals surface area (Å²) in [4.78, 5) is 12.4. The average molecular weight is 282 g/mol. The number of aliphatic hydroxyl groups is 2. The number of rotatable bonds is 6. The van der Waals surface area contributed by atoms with E-state index in [0.29, 0.717) is 17.8 Å². The molecule has 0 radical (unpaired) electrons. The fourth-order valence-corrected chi connectivity index (χ4v) is 2.52. The van der Waals surface area contributed by atoms with Crippen LogP contribution in [0.4, 0.5) is 0 Å². The van der Waals surface area contributed by atoms with Crippen LogP contribution in [0.15, 0.2) is 23.0 Å². The number of ether oxygens (including phenoxy) is 1. The summed E-state index contributed by atoms with van der Waals surface area (Å²) in [6, 6.07) is 0. The number of hydrogen-bond donors (Lipinski definition) is 2. The molecule has 0 aromatic heterocycles. The SMILES string of the molecule is CCC1=C(CO)C(=O)C(C)(/C=C(\C)[C@H](O)[C@@H](C)CC)O1. The van der Waals surface area contributed by atoms with Crippen molar-refractivity contribution < 1.29 is 19.7 Å². The van der Waals surface area contributed by atoms with Crippen LogP contribution < -0.4 is 0 Å². The van der Waals surface area contributed by atoms with Gasteiger partial charge in [-0.3, -0.25) is 4.79 Å². The van der Waals surface area contributed by atoms with Crippen LogP contribution in [0.5, 0.6) is 0 Å². The van der Waals surface area contributed by atoms with E-state index in [1.807, 2.05) is 20.8 Å². The van der Waals surface area contributed by atoms with Crippen LogP contribution >= 0.6 is 0 Å². The molecule has 0 spiro atoms. The maximum Gasteiger partial charge on any atom is 0.211 e. The van der Waals surface area contributed by atoms with Crippen molar-refractivity contribution in [1.82, 2.24) is 0 Å². The Hall–Kier alpha value is -1.13. The van der Waals surface area contributed by atoms with E-state index in [1.165, 1.54) is 0 Å². The maximum absolute atomic E-state index is 12.4. The van der Waals surface area contributed by atoms with Crippen LogP contribution in [0.2, 0.25) is 0 Å². The first-order chi connectivity index (χ1) is 9.30. The number of Topliss-reactive ketones (excluding diaryl/α,β-unsaturated/α-hetero) is 1. The van der Waals surface area contributed by atoms with Gasteiger partial charge in [0.15, 0.2) is 5.60 Å². The van der Waals surface area contributed by atoms with Gasteiger partial charge in [0, 0.05) is 6.42 Å². The second kappa shape index (κ2) is 6.55. The molecule has 0 aromatic rings. The van der Waals surface area contributed by atoms with Crippen LogP contribution in [0.25, 0.3) is 0 Å². The molecule has 1 unspecified atom stereocenters. The van der Waals surface area contributed by atoms with Gasteiger partial charge in [-0.05, 0) is 31.4 Å². The lowest BCUT2D eigenvalue weighted by molar-refractivity contribution is -0.125. The van der Waals surface area contributed by atoms with Gasteiger partial charge in [-0.1, -0.05) is 27.2 Å². The predicted molar refractivity (Wildman–Crippen MR) is 78.1 cm³/mol. The molecule has 2 N–H and O–H groups in total. The topological polar surface area (TPSA) is 66.8 Å². The van der Waals surface area contributed by atoms with E-state index >= 15 is 0 Å². The predicted octanol–water partition coefficient (Wildman–Crippen LogP) is 2.35. The molecule has 1 rings (SSSR count). The van der Waals surface area contributed by atoms with Crippen molar-refractivity contribution in [3.63, 3.8) is 0 Å². The fourth-order valence-electron chi connectivity index (χ4n) is 2.52. The van der Waals surface area contributed by atoms with Crippen molar-refractivity contribution in [3.8, 4) is 0 Å². The summed E-state index contributed by atoms with van der Waals surface area (Å²) in [5.74, 6) is 0.455. The van der Waals surface area contributed by atoms with Crippen molar-refractivity contribution in [2.75, 3.05) is 6.61 Å². The van der Waals surface area contributed by atoms with Gasteiger partial charge >= 0.3 is 0 Å². The lowest BCUT2D eigenvalue weighted by Gasteiger charge is -2.24. The van der Waals surface area contributed by atoms with Crippen molar-refractivity contribution in [2.45, 2.75) is 59.2 Å². The van der Waals surface area contributed by atoms with Crippen LogP contribution in [0, 0.1) is 5.92 Å². The molecular weight excluding hydrogens is 256 g/mol. The molecule has 20 heavy (non-hydrogen) atoms. The van der Waals surface area contributed by atoms with Crippen molar-refractivity contribution in [3.05, 3.63) is 23.0 Å². The summed E-state index contributed by atoms with van der Waals surface area (Å²) in [5, 5.41) is 19.5. The minimum Gasteiger partial charge on any atom is -0.479 e. The van der Waals surface area contributed by atoms with E-state index in [-0.39, 0.29) is 18.3 Å². The zero-order valence-corrected chi connectivity index (χ0v) is 13.1. The number of hydrogen-bond acceptors (Lipinski definition) is 4. The minimum absolute atomic E-state index is 0.127. The quantitative estimate of drug-likeness (QED) is 0.734. The minimum atomic E-state index is -1.11. The van der Waals surface area contributed by atoms with Gasteiger partial charge in [-0.2, -0.15) is 0 Å². The Labute approximate surface area is 121 Å². The van der Waals surface area contributed by atoms with Crippen LogP contribution in [0.3, 0.4) is 0 Å². The smallest absolute Gasteiger partial charge is 0.211 e. The molecule has 0 fully saturated rings. The highest BCUT2D eigenvalue weighted by Crippen LogP contribution is 2.34. The molecule has 0 amide bonds. The van der Waals surface area contributed by atoms with Gasteiger partial charge in [-0.15, -0.1) is 0 Å². The Bertz CT molecular complexity index is 436. The first kappa shape index (κ1) is 16.9. The summed E-state index contributed by atoms with van der Waals surface area (Å²) in [6.07, 6.45) is 2.53. The summed E-state index contributed by atoms with van der Waals surface area (Å²) in [7, 11) is 0. The van der Waals surface area contributed by atoms with Crippen LogP contribution in [-0.4, -0.2) is 34.3 Å². The Morgan fingerprint density at radius 2 is 2.05 bits per heavy atom. The molecule has 4 heteroatoms. The van der Waals surface area contributed by atoms with Gasteiger partial charge in [0.25, 0.3) is 0 Å². The molecule has 1 heterocycles. The lowest BCUT2D eigenvalue weighted by atomic mass is 9.89. The second-order valence-electron chi connectivity index (χ2n) is 5.67. The Morgan fingerprint density at radius 3 is 2.45 bits per heavy atom. The van der Waals surface area contributed by atoms with Crippen LogP contribution in [0.1, 0.15) is 47.5 Å². The van der Waals surface area contributed by atoms with Crippen molar-refractivity contribution in [1.29, 1.82) is 0 Å². The van der Waals surface area contributed by atoms with E-state index in [9.17, 15) is 15.0 Å². The maximum atomic E-state index is 12.4. The molecule has 114 valence electrons. The van der Waals surface area contributed by atoms with Gasteiger partial charge in [-0.25, -0.2) is 0 Å². The summed E-state index contributed by atoms with van der Waals surface area (Å²) < 4.78 is 5.73. The third kappa shape index (κ3) is 3.13. The highest BCUT2D eigenvalue weighted by Gasteiger charge is 2.43. The summed E-state index contributed by atoms with van der Waals surface area (Å²) in [6.45, 7) is 9.05. The van der Waals surface area contributed by atoms with E-state index in [2.05, 4.69) is 0 Å². The highest BCUT2D eigenvalue weighted by molar-refractivity contribution is 6.05. The normalized spacial score (nSPS) is 26.8. The molecule has 0 saturated carbocycles. The number of allylic oxidation sites excluding steroid dienone is 1. The zero-order valence-electron chi connectivity index (χ0n) is 13.1. The van der Waals surface area contributed by atoms with Gasteiger partial charge in [0.05, 0.1) is 18.3 Å². The van der Waals surface area contributed by atoms with Crippen molar-refractivity contribution >= 4 is 5.78 Å². The molecule has 3 atom stereocenters. The molecular formula is C16H26O4. The molecule has 4 nitrogen and oxygen atoms in total. The molecule has 0 bridgehead atoms. The highest BCUT2D eigenvalue weighted by atomic mass is 16.5. The van der Waals surface area contributed by atoms with E-state index in [0.717, 1.165) is 12.0 Å². The monoisotopic (exact) mass is 282 g/mol. The van der Waals surface area contributed by atoms with E-state index < -0.39 is 11.7 Å².